The van der Waals surface area contributed by atoms with Gasteiger partial charge in [0.2, 0.25) is 0 Å². The summed E-state index contributed by atoms with van der Waals surface area (Å²) in [4.78, 5) is 0. The zero-order chi connectivity index (χ0) is 13.5. The summed E-state index contributed by atoms with van der Waals surface area (Å²) in [5, 5.41) is 11.1. The molecule has 0 heterocycles. The first-order valence-corrected chi connectivity index (χ1v) is 6.96. The molecule has 19 heavy (non-hydrogen) atoms. The number of hydrogen-bond donors (Lipinski definition) is 1. The minimum absolute atomic E-state index is 0.704. The molecule has 2 aromatic carbocycles. The van der Waals surface area contributed by atoms with E-state index in [9.17, 15) is 5.11 Å². The molecule has 0 saturated carbocycles. The van der Waals surface area contributed by atoms with Crippen LogP contribution in [-0.2, 0) is 18.4 Å². The van der Waals surface area contributed by atoms with Gasteiger partial charge in [-0.25, -0.2) is 0 Å². The fourth-order valence-corrected chi connectivity index (χ4v) is 3.20. The van der Waals surface area contributed by atoms with Gasteiger partial charge in [0.1, 0.15) is 0 Å². The van der Waals surface area contributed by atoms with E-state index < -0.39 is 5.60 Å². The number of benzene rings is 2. The van der Waals surface area contributed by atoms with E-state index in [-0.39, 0.29) is 0 Å². The lowest BCUT2D eigenvalue weighted by molar-refractivity contribution is 0.0216. The molecule has 1 aliphatic rings. The van der Waals surface area contributed by atoms with E-state index >= 15 is 0 Å². The average molecular weight is 252 g/mol. The molecule has 1 aliphatic carbocycles. The van der Waals surface area contributed by atoms with Gasteiger partial charge in [-0.1, -0.05) is 42.5 Å². The largest absolute Gasteiger partial charge is 0.385 e. The molecule has 0 aromatic heterocycles. The quantitative estimate of drug-likeness (QED) is 0.821. The number of rotatable bonds is 1. The van der Waals surface area contributed by atoms with Gasteiger partial charge in [-0.15, -0.1) is 0 Å². The van der Waals surface area contributed by atoms with Gasteiger partial charge >= 0.3 is 0 Å². The van der Waals surface area contributed by atoms with Gasteiger partial charge in [-0.2, -0.15) is 0 Å². The van der Waals surface area contributed by atoms with E-state index in [1.165, 1.54) is 22.3 Å². The van der Waals surface area contributed by atoms with Crippen molar-refractivity contribution < 1.29 is 5.11 Å². The third-order valence-electron chi connectivity index (χ3n) is 4.52. The summed E-state index contributed by atoms with van der Waals surface area (Å²) in [6.07, 6.45) is 2.50. The van der Waals surface area contributed by atoms with E-state index in [1.54, 1.807) is 0 Å². The van der Waals surface area contributed by atoms with Crippen LogP contribution in [0.15, 0.2) is 42.5 Å². The van der Waals surface area contributed by atoms with E-state index in [0.717, 1.165) is 24.8 Å². The Labute approximate surface area is 114 Å². The third kappa shape index (κ3) is 2.08. The number of aryl methyl sites for hydroxylation is 2. The van der Waals surface area contributed by atoms with Crippen LogP contribution in [0.1, 0.15) is 34.2 Å². The van der Waals surface area contributed by atoms with Crippen molar-refractivity contribution in [2.24, 2.45) is 0 Å². The molecule has 1 atom stereocenters. The van der Waals surface area contributed by atoms with Crippen LogP contribution in [0.5, 0.6) is 0 Å². The molecule has 0 aliphatic heterocycles. The summed E-state index contributed by atoms with van der Waals surface area (Å²) < 4.78 is 0. The Morgan fingerprint density at radius 2 is 1.68 bits per heavy atom. The molecular formula is C18H20O. The van der Waals surface area contributed by atoms with Crippen molar-refractivity contribution in [1.82, 2.24) is 0 Å². The molecule has 98 valence electrons. The summed E-state index contributed by atoms with van der Waals surface area (Å²) in [7, 11) is 0. The van der Waals surface area contributed by atoms with E-state index in [1.807, 2.05) is 0 Å². The van der Waals surface area contributed by atoms with E-state index in [0.29, 0.717) is 0 Å². The van der Waals surface area contributed by atoms with Crippen LogP contribution in [-0.4, -0.2) is 5.11 Å². The Morgan fingerprint density at radius 1 is 0.947 bits per heavy atom. The highest BCUT2D eigenvalue weighted by molar-refractivity contribution is 5.41. The minimum atomic E-state index is -0.704. The van der Waals surface area contributed by atoms with Crippen LogP contribution >= 0.6 is 0 Å². The van der Waals surface area contributed by atoms with Crippen LogP contribution in [0, 0.1) is 13.8 Å². The monoisotopic (exact) mass is 252 g/mol. The van der Waals surface area contributed by atoms with Gasteiger partial charge in [0.15, 0.2) is 0 Å². The molecule has 0 amide bonds. The zero-order valence-electron chi connectivity index (χ0n) is 11.6. The first kappa shape index (κ1) is 12.4. The second-order valence-corrected chi connectivity index (χ2v) is 5.72. The molecule has 1 nitrogen and oxygen atoms in total. The first-order chi connectivity index (χ1) is 9.10. The van der Waals surface area contributed by atoms with Crippen molar-refractivity contribution in [3.63, 3.8) is 0 Å². The molecule has 0 spiro atoms. The first-order valence-electron chi connectivity index (χ1n) is 6.96. The second kappa shape index (κ2) is 4.50. The molecule has 0 saturated heterocycles. The fraction of sp³-hybridized carbons (Fsp3) is 0.333. The Morgan fingerprint density at radius 3 is 2.47 bits per heavy atom. The van der Waals surface area contributed by atoms with Gasteiger partial charge in [0.25, 0.3) is 0 Å². The van der Waals surface area contributed by atoms with Gasteiger partial charge < -0.3 is 5.11 Å². The summed E-state index contributed by atoms with van der Waals surface area (Å²) in [6, 6.07) is 14.7. The molecule has 0 fully saturated rings. The predicted molar refractivity (Wildman–Crippen MR) is 78.3 cm³/mol. The summed E-state index contributed by atoms with van der Waals surface area (Å²) >= 11 is 0. The summed E-state index contributed by atoms with van der Waals surface area (Å²) in [6.45, 7) is 4.22. The van der Waals surface area contributed by atoms with Crippen molar-refractivity contribution in [1.29, 1.82) is 0 Å². The SMILES string of the molecule is Cc1cccc(C2(O)CCc3ccccc3C2)c1C. The van der Waals surface area contributed by atoms with Gasteiger partial charge in [-0.3, -0.25) is 0 Å². The Bertz CT molecular complexity index is 615. The van der Waals surface area contributed by atoms with Gasteiger partial charge in [0, 0.05) is 6.42 Å². The average Bonchev–Trinajstić information content (AvgIpc) is 2.41. The maximum Gasteiger partial charge on any atom is 0.0942 e. The van der Waals surface area contributed by atoms with Crippen LogP contribution in [0.25, 0.3) is 0 Å². The molecule has 1 heteroatoms. The van der Waals surface area contributed by atoms with Crippen LogP contribution < -0.4 is 0 Å². The van der Waals surface area contributed by atoms with Crippen LogP contribution in [0.3, 0.4) is 0 Å². The normalized spacial score (nSPS) is 22.1. The maximum atomic E-state index is 11.1. The van der Waals surface area contributed by atoms with E-state index in [2.05, 4.69) is 56.3 Å². The highest BCUT2D eigenvalue weighted by Crippen LogP contribution is 2.38. The lowest BCUT2D eigenvalue weighted by Gasteiger charge is -2.35. The number of aliphatic hydroxyl groups is 1. The number of fused-ring (bicyclic) bond motifs is 1. The predicted octanol–water partition coefficient (Wildman–Crippen LogP) is 3.68. The standard InChI is InChI=1S/C18H20O/c1-13-6-5-9-17(14(13)2)18(19)11-10-15-7-3-4-8-16(15)12-18/h3-9,19H,10-12H2,1-2H3. The van der Waals surface area contributed by atoms with Gasteiger partial charge in [0.05, 0.1) is 5.60 Å². The molecule has 0 radical (unpaired) electrons. The summed E-state index contributed by atoms with van der Waals surface area (Å²) in [5.41, 5.74) is 5.55. The van der Waals surface area contributed by atoms with Crippen LogP contribution in [0.4, 0.5) is 0 Å². The van der Waals surface area contributed by atoms with E-state index in [4.69, 9.17) is 0 Å². The Kier molecular flexibility index (Phi) is 2.94. The molecular weight excluding hydrogens is 232 g/mol. The highest BCUT2D eigenvalue weighted by Gasteiger charge is 2.34. The maximum absolute atomic E-state index is 11.1. The highest BCUT2D eigenvalue weighted by atomic mass is 16.3. The Hall–Kier alpha value is -1.60. The van der Waals surface area contributed by atoms with Crippen molar-refractivity contribution in [2.45, 2.75) is 38.7 Å². The fourth-order valence-electron chi connectivity index (χ4n) is 3.20. The smallest absolute Gasteiger partial charge is 0.0942 e. The topological polar surface area (TPSA) is 20.2 Å². The van der Waals surface area contributed by atoms with Crippen molar-refractivity contribution in [3.8, 4) is 0 Å². The lowest BCUT2D eigenvalue weighted by Crippen LogP contribution is -2.34. The van der Waals surface area contributed by atoms with Gasteiger partial charge in [-0.05, 0) is 54.5 Å². The Balaban J connectivity index is 2.04. The molecule has 0 bridgehead atoms. The molecule has 1 N–H and O–H groups in total. The molecule has 2 aromatic rings. The van der Waals surface area contributed by atoms with Crippen molar-refractivity contribution in [2.75, 3.05) is 0 Å². The number of hydrogen-bond acceptors (Lipinski definition) is 1. The third-order valence-corrected chi connectivity index (χ3v) is 4.52. The second-order valence-electron chi connectivity index (χ2n) is 5.72. The lowest BCUT2D eigenvalue weighted by atomic mass is 9.75. The van der Waals surface area contributed by atoms with Crippen molar-refractivity contribution >= 4 is 0 Å². The molecule has 3 rings (SSSR count). The summed E-state index contributed by atoms with van der Waals surface area (Å²) in [5.74, 6) is 0. The van der Waals surface area contributed by atoms with Crippen LogP contribution in [0.2, 0.25) is 0 Å². The van der Waals surface area contributed by atoms with Crippen molar-refractivity contribution in [3.05, 3.63) is 70.3 Å². The zero-order valence-corrected chi connectivity index (χ0v) is 11.6. The minimum Gasteiger partial charge on any atom is -0.385 e. The molecule has 1 unspecified atom stereocenters.